The highest BCUT2D eigenvalue weighted by Crippen LogP contribution is 2.40. The summed E-state index contributed by atoms with van der Waals surface area (Å²) in [6.07, 6.45) is 17.5. The molecule has 0 N–H and O–H groups in total. The summed E-state index contributed by atoms with van der Waals surface area (Å²) in [5.74, 6) is 0. The van der Waals surface area contributed by atoms with Crippen LogP contribution in [0.4, 0.5) is 0 Å². The van der Waals surface area contributed by atoms with Gasteiger partial charge in [0, 0.05) is 0 Å². The lowest BCUT2D eigenvalue weighted by atomic mass is 9.90. The molecule has 27 heavy (non-hydrogen) atoms. The van der Waals surface area contributed by atoms with Crippen LogP contribution in [0.3, 0.4) is 0 Å². The Morgan fingerprint density at radius 1 is 0.630 bits per heavy atom. The molecule has 1 aliphatic rings. The zero-order valence-electron chi connectivity index (χ0n) is 17.7. The Morgan fingerprint density at radius 2 is 1.33 bits per heavy atom. The second-order valence-electron chi connectivity index (χ2n) is 8.39. The number of fused-ring (bicyclic) bond motifs is 3. The van der Waals surface area contributed by atoms with Gasteiger partial charge in [0.15, 0.2) is 0 Å². The first kappa shape index (κ1) is 20.2. The second-order valence-corrected chi connectivity index (χ2v) is 8.39. The van der Waals surface area contributed by atoms with Crippen LogP contribution in [0.2, 0.25) is 0 Å². The van der Waals surface area contributed by atoms with Crippen LogP contribution in [0, 0.1) is 0 Å². The zero-order chi connectivity index (χ0) is 18.9. The van der Waals surface area contributed by atoms with Crippen LogP contribution in [0.25, 0.3) is 11.1 Å². The summed E-state index contributed by atoms with van der Waals surface area (Å²) in [4.78, 5) is 0. The van der Waals surface area contributed by atoms with E-state index in [1.165, 1.54) is 93.7 Å². The summed E-state index contributed by atoms with van der Waals surface area (Å²) in [5, 5.41) is 0. The van der Waals surface area contributed by atoms with Crippen molar-refractivity contribution in [2.24, 2.45) is 0 Å². The fourth-order valence-electron chi connectivity index (χ4n) is 4.67. The summed E-state index contributed by atoms with van der Waals surface area (Å²) in [5.41, 5.74) is 9.48. The number of hydrogen-bond acceptors (Lipinski definition) is 0. The zero-order valence-corrected chi connectivity index (χ0v) is 17.7. The molecule has 0 aromatic heterocycles. The minimum atomic E-state index is 1.15. The van der Waals surface area contributed by atoms with Gasteiger partial charge in [-0.15, -0.1) is 0 Å². The molecule has 0 spiro atoms. The maximum atomic E-state index is 2.45. The van der Waals surface area contributed by atoms with Crippen LogP contribution < -0.4 is 0 Å². The van der Waals surface area contributed by atoms with E-state index in [0.717, 1.165) is 6.42 Å². The third-order valence-electron chi connectivity index (χ3n) is 6.28. The number of hydrogen-bond donors (Lipinski definition) is 0. The third kappa shape index (κ3) is 5.24. The molecule has 146 valence electrons. The molecule has 2 aromatic carbocycles. The van der Waals surface area contributed by atoms with Gasteiger partial charge in [0.2, 0.25) is 0 Å². The Balaban J connectivity index is 1.61. The van der Waals surface area contributed by atoms with E-state index in [1.54, 1.807) is 16.7 Å². The molecular formula is C27H38. The molecule has 0 amide bonds. The number of rotatable bonds is 12. The van der Waals surface area contributed by atoms with Gasteiger partial charge >= 0.3 is 0 Å². The highest BCUT2D eigenvalue weighted by molar-refractivity contribution is 5.78. The molecule has 3 rings (SSSR count). The molecular weight excluding hydrogens is 324 g/mol. The summed E-state index contributed by atoms with van der Waals surface area (Å²) >= 11 is 0. The molecule has 0 fully saturated rings. The van der Waals surface area contributed by atoms with Crippen molar-refractivity contribution in [3.05, 3.63) is 58.7 Å². The van der Waals surface area contributed by atoms with Crippen molar-refractivity contribution in [3.63, 3.8) is 0 Å². The van der Waals surface area contributed by atoms with Crippen LogP contribution >= 0.6 is 0 Å². The van der Waals surface area contributed by atoms with E-state index in [1.807, 2.05) is 0 Å². The van der Waals surface area contributed by atoms with Gasteiger partial charge in [-0.3, -0.25) is 0 Å². The quantitative estimate of drug-likeness (QED) is 0.284. The Kier molecular flexibility index (Phi) is 7.99. The molecule has 0 unspecified atom stereocenters. The average Bonchev–Trinajstić information content (AvgIpc) is 3.07. The maximum Gasteiger partial charge on any atom is -0.00106 e. The number of benzene rings is 2. The van der Waals surface area contributed by atoms with Crippen molar-refractivity contribution < 1.29 is 0 Å². The van der Waals surface area contributed by atoms with Gasteiger partial charge in [-0.1, -0.05) is 102 Å². The Bertz CT molecular complexity index is 710. The standard InChI is InChI=1S/C27H38/c1-3-5-7-8-9-10-11-12-15-22-19-20-26-25-18-14-13-16-23(25)21-27(26)24(22)17-6-4-2/h13-14,16,18-20H,3-12,15,17,21H2,1-2H3. The van der Waals surface area contributed by atoms with Gasteiger partial charge < -0.3 is 0 Å². The van der Waals surface area contributed by atoms with Crippen LogP contribution in [-0.2, 0) is 19.3 Å². The summed E-state index contributed by atoms with van der Waals surface area (Å²) in [6, 6.07) is 13.9. The van der Waals surface area contributed by atoms with Gasteiger partial charge in [-0.25, -0.2) is 0 Å². The normalized spacial score (nSPS) is 12.2. The molecule has 0 nitrogen and oxygen atoms in total. The molecule has 1 aliphatic carbocycles. The molecule has 0 heterocycles. The van der Waals surface area contributed by atoms with E-state index < -0.39 is 0 Å². The van der Waals surface area contributed by atoms with Crippen LogP contribution in [0.15, 0.2) is 36.4 Å². The van der Waals surface area contributed by atoms with Crippen LogP contribution in [0.5, 0.6) is 0 Å². The molecule has 0 atom stereocenters. The van der Waals surface area contributed by atoms with E-state index >= 15 is 0 Å². The lowest BCUT2D eigenvalue weighted by Crippen LogP contribution is -2.01. The highest BCUT2D eigenvalue weighted by atomic mass is 14.3. The summed E-state index contributed by atoms with van der Waals surface area (Å²) < 4.78 is 0. The van der Waals surface area contributed by atoms with Gasteiger partial charge in [-0.2, -0.15) is 0 Å². The maximum absolute atomic E-state index is 2.45. The fraction of sp³-hybridized carbons (Fsp3) is 0.556. The van der Waals surface area contributed by atoms with E-state index in [9.17, 15) is 0 Å². The van der Waals surface area contributed by atoms with Crippen LogP contribution in [0.1, 0.15) is 100 Å². The lowest BCUT2D eigenvalue weighted by Gasteiger charge is -2.15. The monoisotopic (exact) mass is 362 g/mol. The first-order chi connectivity index (χ1) is 13.3. The van der Waals surface area contributed by atoms with Gasteiger partial charge in [0.25, 0.3) is 0 Å². The molecule has 0 aliphatic heterocycles. The van der Waals surface area contributed by atoms with Crippen molar-refractivity contribution in [2.45, 2.75) is 97.3 Å². The SMILES string of the molecule is CCCCCCCCCCc1ccc2c(c1CCCC)Cc1ccccc1-2. The van der Waals surface area contributed by atoms with E-state index in [-0.39, 0.29) is 0 Å². The first-order valence-electron chi connectivity index (χ1n) is 11.6. The van der Waals surface area contributed by atoms with Crippen molar-refractivity contribution in [2.75, 3.05) is 0 Å². The number of unbranched alkanes of at least 4 members (excludes halogenated alkanes) is 8. The largest absolute Gasteiger partial charge is 0.0654 e. The van der Waals surface area contributed by atoms with Gasteiger partial charge in [0.05, 0.1) is 0 Å². The molecule has 0 bridgehead atoms. The molecule has 0 saturated heterocycles. The van der Waals surface area contributed by atoms with Crippen molar-refractivity contribution in [1.82, 2.24) is 0 Å². The molecule has 0 radical (unpaired) electrons. The topological polar surface area (TPSA) is 0 Å². The molecule has 0 saturated carbocycles. The minimum Gasteiger partial charge on any atom is -0.0654 e. The van der Waals surface area contributed by atoms with Crippen molar-refractivity contribution in [1.29, 1.82) is 0 Å². The van der Waals surface area contributed by atoms with Crippen molar-refractivity contribution >= 4 is 0 Å². The lowest BCUT2D eigenvalue weighted by molar-refractivity contribution is 0.575. The predicted octanol–water partition coefficient (Wildman–Crippen LogP) is 8.28. The number of aryl methyl sites for hydroxylation is 1. The minimum absolute atomic E-state index is 1.15. The van der Waals surface area contributed by atoms with E-state index in [4.69, 9.17) is 0 Å². The molecule has 2 aromatic rings. The Morgan fingerprint density at radius 3 is 2.11 bits per heavy atom. The summed E-state index contributed by atoms with van der Waals surface area (Å²) in [7, 11) is 0. The van der Waals surface area contributed by atoms with E-state index in [0.29, 0.717) is 0 Å². The predicted molar refractivity (Wildman–Crippen MR) is 120 cm³/mol. The first-order valence-corrected chi connectivity index (χ1v) is 11.6. The van der Waals surface area contributed by atoms with Crippen molar-refractivity contribution in [3.8, 4) is 11.1 Å². The molecule has 0 heteroatoms. The van der Waals surface area contributed by atoms with Gasteiger partial charge in [-0.05, 0) is 65.5 Å². The highest BCUT2D eigenvalue weighted by Gasteiger charge is 2.22. The van der Waals surface area contributed by atoms with Crippen LogP contribution in [-0.4, -0.2) is 0 Å². The summed E-state index contributed by atoms with van der Waals surface area (Å²) in [6.45, 7) is 4.61. The van der Waals surface area contributed by atoms with Gasteiger partial charge in [0.1, 0.15) is 0 Å². The smallest absolute Gasteiger partial charge is 0.00106 e. The second kappa shape index (κ2) is 10.7. The Hall–Kier alpha value is -1.56. The Labute approximate surface area is 167 Å². The fourth-order valence-corrected chi connectivity index (χ4v) is 4.67. The third-order valence-corrected chi connectivity index (χ3v) is 6.28. The average molecular weight is 363 g/mol. The van der Waals surface area contributed by atoms with E-state index in [2.05, 4.69) is 50.2 Å².